The van der Waals surface area contributed by atoms with Crippen molar-refractivity contribution in [1.29, 1.82) is 0 Å². The van der Waals surface area contributed by atoms with E-state index in [2.05, 4.69) is 10.2 Å². The summed E-state index contributed by atoms with van der Waals surface area (Å²) in [4.78, 5) is 47.6. The second-order valence-electron chi connectivity index (χ2n) is 9.07. The van der Waals surface area contributed by atoms with E-state index in [1.807, 2.05) is 38.1 Å². The highest BCUT2D eigenvalue weighted by atomic mass is 16.7. The Balaban J connectivity index is 1.96. The molecular weight excluding hydrogens is 528 g/mol. The zero-order chi connectivity index (χ0) is 29.4. The molecule has 0 spiro atoms. The monoisotopic (exact) mass is 562 g/mol. The highest BCUT2D eigenvalue weighted by Gasteiger charge is 2.53. The van der Waals surface area contributed by atoms with Crippen LogP contribution in [-0.4, -0.2) is 78.0 Å². The molecule has 0 radical (unpaired) electrons. The molecule has 1 saturated heterocycles. The molecule has 0 saturated carbocycles. The molecule has 1 N–H and O–H groups in total. The summed E-state index contributed by atoms with van der Waals surface area (Å²) in [6, 6.07) is 7.54. The summed E-state index contributed by atoms with van der Waals surface area (Å²) in [5.41, 5.74) is 2.35. The van der Waals surface area contributed by atoms with Crippen molar-refractivity contribution in [1.82, 2.24) is 10.2 Å². The SMILES string of the molecule is CCOc1ccc(Cc2c(OC3O[C@H](COC(C)=O)[C@@H](OC(C)=O)[C@H](OC(C)=O)[C@H]3OC(C)=O)n[nH]c2C)cc1. The fourth-order valence-electron chi connectivity index (χ4n) is 4.20. The normalized spacial score (nSPS) is 22.1. The fourth-order valence-corrected chi connectivity index (χ4v) is 4.20. The van der Waals surface area contributed by atoms with Crippen molar-refractivity contribution < 1.29 is 52.3 Å². The number of carbonyl (C=O) groups is 4. The van der Waals surface area contributed by atoms with Gasteiger partial charge in [0.15, 0.2) is 12.2 Å². The van der Waals surface area contributed by atoms with Gasteiger partial charge >= 0.3 is 23.9 Å². The molecule has 40 heavy (non-hydrogen) atoms. The number of benzene rings is 1. The predicted octanol–water partition coefficient (Wildman–Crippen LogP) is 2.17. The number of aromatic nitrogens is 2. The zero-order valence-electron chi connectivity index (χ0n) is 23.3. The van der Waals surface area contributed by atoms with E-state index in [0.717, 1.165) is 37.8 Å². The summed E-state index contributed by atoms with van der Waals surface area (Å²) < 4.78 is 39.0. The number of H-pyrrole nitrogens is 1. The fraction of sp³-hybridized carbons (Fsp3) is 0.519. The Morgan fingerprint density at radius 2 is 1.48 bits per heavy atom. The number of esters is 4. The first kappa shape index (κ1) is 30.4. The van der Waals surface area contributed by atoms with Crippen LogP contribution in [0, 0.1) is 6.92 Å². The third-order valence-electron chi connectivity index (χ3n) is 5.83. The van der Waals surface area contributed by atoms with E-state index in [-0.39, 0.29) is 12.5 Å². The second-order valence-corrected chi connectivity index (χ2v) is 9.07. The van der Waals surface area contributed by atoms with Crippen molar-refractivity contribution in [2.45, 2.75) is 78.7 Å². The van der Waals surface area contributed by atoms with Gasteiger partial charge in [-0.25, -0.2) is 0 Å². The van der Waals surface area contributed by atoms with Crippen molar-refractivity contribution in [3.8, 4) is 11.6 Å². The molecule has 2 aromatic rings. The minimum absolute atomic E-state index is 0.146. The number of nitrogens with zero attached hydrogens (tertiary/aromatic N) is 1. The molecule has 13 nitrogen and oxygen atoms in total. The Kier molecular flexibility index (Phi) is 10.5. The van der Waals surface area contributed by atoms with Gasteiger partial charge in [0.2, 0.25) is 18.3 Å². The largest absolute Gasteiger partial charge is 0.494 e. The summed E-state index contributed by atoms with van der Waals surface area (Å²) in [6.07, 6.45) is -6.09. The molecule has 0 aliphatic carbocycles. The average Bonchev–Trinajstić information content (AvgIpc) is 3.20. The highest BCUT2D eigenvalue weighted by molar-refractivity contribution is 5.68. The van der Waals surface area contributed by atoms with Crippen LogP contribution in [0.15, 0.2) is 24.3 Å². The van der Waals surface area contributed by atoms with Gasteiger partial charge in [0, 0.05) is 45.4 Å². The quantitative estimate of drug-likeness (QED) is 0.314. The van der Waals surface area contributed by atoms with Crippen LogP contribution in [0.2, 0.25) is 0 Å². The van der Waals surface area contributed by atoms with Gasteiger partial charge in [-0.1, -0.05) is 12.1 Å². The molecule has 3 rings (SSSR count). The number of carbonyl (C=O) groups excluding carboxylic acids is 4. The lowest BCUT2D eigenvalue weighted by Gasteiger charge is -2.43. The van der Waals surface area contributed by atoms with E-state index in [4.69, 9.17) is 33.2 Å². The Morgan fingerprint density at radius 1 is 0.875 bits per heavy atom. The number of hydrogen-bond acceptors (Lipinski definition) is 12. The number of ether oxygens (including phenoxy) is 7. The van der Waals surface area contributed by atoms with Crippen molar-refractivity contribution in [3.05, 3.63) is 41.1 Å². The lowest BCUT2D eigenvalue weighted by Crippen LogP contribution is -2.63. The number of aromatic amines is 1. The second kappa shape index (κ2) is 13.8. The molecule has 2 heterocycles. The molecule has 1 aliphatic rings. The molecular formula is C27H34N2O11. The Morgan fingerprint density at radius 3 is 2.05 bits per heavy atom. The van der Waals surface area contributed by atoms with Crippen LogP contribution < -0.4 is 9.47 Å². The topological polar surface area (TPSA) is 162 Å². The Labute approximate surface area is 231 Å². The van der Waals surface area contributed by atoms with E-state index >= 15 is 0 Å². The summed E-state index contributed by atoms with van der Waals surface area (Å²) in [5, 5.41) is 7.13. The number of hydrogen-bond donors (Lipinski definition) is 1. The van der Waals surface area contributed by atoms with Crippen molar-refractivity contribution in [2.24, 2.45) is 0 Å². The third kappa shape index (κ3) is 8.18. The van der Waals surface area contributed by atoms with Gasteiger partial charge < -0.3 is 33.2 Å². The van der Waals surface area contributed by atoms with Gasteiger partial charge in [-0.3, -0.25) is 24.3 Å². The van der Waals surface area contributed by atoms with Crippen molar-refractivity contribution in [2.75, 3.05) is 13.2 Å². The van der Waals surface area contributed by atoms with Gasteiger partial charge in [0.05, 0.1) is 6.61 Å². The van der Waals surface area contributed by atoms with Crippen LogP contribution in [0.5, 0.6) is 11.6 Å². The number of aryl methyl sites for hydroxylation is 1. The molecule has 1 aromatic carbocycles. The summed E-state index contributed by atoms with van der Waals surface area (Å²) >= 11 is 0. The minimum Gasteiger partial charge on any atom is -0.494 e. The smallest absolute Gasteiger partial charge is 0.303 e. The van der Waals surface area contributed by atoms with Gasteiger partial charge in [-0.05, 0) is 31.5 Å². The molecule has 1 aliphatic heterocycles. The van der Waals surface area contributed by atoms with E-state index in [1.165, 1.54) is 6.92 Å². The Bertz CT molecular complexity index is 1190. The van der Waals surface area contributed by atoms with Gasteiger partial charge in [0.1, 0.15) is 18.5 Å². The first-order valence-corrected chi connectivity index (χ1v) is 12.7. The van der Waals surface area contributed by atoms with E-state index in [9.17, 15) is 19.2 Å². The van der Waals surface area contributed by atoms with Crippen molar-refractivity contribution >= 4 is 23.9 Å². The predicted molar refractivity (Wildman–Crippen MR) is 136 cm³/mol. The van der Waals surface area contributed by atoms with Crippen LogP contribution >= 0.6 is 0 Å². The molecule has 0 amide bonds. The summed E-state index contributed by atoms with van der Waals surface area (Å²) in [5.74, 6) is -1.92. The van der Waals surface area contributed by atoms with Crippen LogP contribution in [0.1, 0.15) is 51.4 Å². The van der Waals surface area contributed by atoms with E-state index in [0.29, 0.717) is 18.6 Å². The highest BCUT2D eigenvalue weighted by Crippen LogP contribution is 2.32. The number of rotatable bonds is 11. The zero-order valence-corrected chi connectivity index (χ0v) is 23.3. The van der Waals surface area contributed by atoms with Crippen LogP contribution in [0.25, 0.3) is 0 Å². The summed E-state index contributed by atoms with van der Waals surface area (Å²) in [7, 11) is 0. The molecule has 1 fully saturated rings. The van der Waals surface area contributed by atoms with E-state index < -0.39 is 54.6 Å². The molecule has 218 valence electrons. The maximum atomic E-state index is 12.1. The maximum Gasteiger partial charge on any atom is 0.303 e. The molecule has 1 unspecified atom stereocenters. The molecule has 0 bridgehead atoms. The summed E-state index contributed by atoms with van der Waals surface area (Å²) in [6.45, 7) is 8.55. The Hall–Kier alpha value is -4.13. The third-order valence-corrected chi connectivity index (χ3v) is 5.83. The van der Waals surface area contributed by atoms with Crippen LogP contribution in [0.3, 0.4) is 0 Å². The minimum atomic E-state index is -1.39. The molecule has 13 heteroatoms. The molecule has 1 aromatic heterocycles. The van der Waals surface area contributed by atoms with Gasteiger partial charge in [-0.2, -0.15) is 0 Å². The lowest BCUT2D eigenvalue weighted by molar-refractivity contribution is -0.289. The van der Waals surface area contributed by atoms with Crippen LogP contribution in [-0.2, 0) is 49.3 Å². The standard InChI is InChI=1S/C27H34N2O11/c1-7-34-20-10-8-19(9-11-20)12-21-14(2)28-29-26(21)40-27-25(38-18(6)33)24(37-17(5)32)23(36-16(4)31)22(39-27)13-35-15(3)30/h8-11,22-25,27H,7,12-13H2,1-6H3,(H,28,29)/t22-,23-,24+,25-,27?/m1/s1. The first-order valence-electron chi connectivity index (χ1n) is 12.7. The average molecular weight is 563 g/mol. The lowest BCUT2D eigenvalue weighted by atomic mass is 9.98. The van der Waals surface area contributed by atoms with Crippen molar-refractivity contribution in [3.63, 3.8) is 0 Å². The number of nitrogens with one attached hydrogen (secondary N) is 1. The maximum absolute atomic E-state index is 12.1. The van der Waals surface area contributed by atoms with Crippen LogP contribution in [0.4, 0.5) is 0 Å². The molecule has 5 atom stereocenters. The van der Waals surface area contributed by atoms with Gasteiger partial charge in [-0.15, -0.1) is 5.10 Å². The first-order chi connectivity index (χ1) is 19.0. The van der Waals surface area contributed by atoms with Gasteiger partial charge in [0.25, 0.3) is 0 Å². The van der Waals surface area contributed by atoms with E-state index in [1.54, 1.807) is 0 Å².